The van der Waals surface area contributed by atoms with Crippen molar-refractivity contribution < 1.29 is 38.2 Å². The van der Waals surface area contributed by atoms with Crippen LogP contribution in [0.2, 0.25) is 0 Å². The molecule has 0 aromatic rings. The van der Waals surface area contributed by atoms with E-state index in [9.17, 15) is 19.5 Å². The topological polar surface area (TPSA) is 102 Å². The lowest BCUT2D eigenvalue weighted by molar-refractivity contribution is -0.889. The van der Waals surface area contributed by atoms with Crippen molar-refractivity contribution in [2.45, 2.75) is 206 Å². The van der Waals surface area contributed by atoms with Gasteiger partial charge in [0, 0.05) is 19.3 Å². The maximum Gasteiger partial charge on any atom is 0.306 e. The molecule has 0 saturated heterocycles. The SMILES string of the molecule is CC/C=C/C/C=C/C/C=C/C/C=C/CCCCCCCCCCCC(=O)OC(COCCC(C(=O)[O-])[N+](C)(C)C)COC(=O)CCCC/C=C/C/C=C/C/C=C/C/C=C/C/C=C/CCCCC. The number of hydrogen-bond donors (Lipinski definition) is 0. The minimum atomic E-state index is -1.14. The van der Waals surface area contributed by atoms with Crippen molar-refractivity contribution in [2.24, 2.45) is 0 Å². The molecular formula is C59H97NO7. The smallest absolute Gasteiger partial charge is 0.306 e. The number of hydrogen-bond acceptors (Lipinski definition) is 7. The van der Waals surface area contributed by atoms with Gasteiger partial charge in [-0.2, -0.15) is 0 Å². The Bertz CT molecular complexity index is 1460. The molecule has 2 unspecified atom stereocenters. The number of rotatable bonds is 46. The van der Waals surface area contributed by atoms with E-state index >= 15 is 0 Å². The maximum atomic E-state index is 12.8. The molecule has 67 heavy (non-hydrogen) atoms. The van der Waals surface area contributed by atoms with Crippen LogP contribution in [0.25, 0.3) is 0 Å². The van der Waals surface area contributed by atoms with E-state index in [2.05, 4.69) is 123 Å². The van der Waals surface area contributed by atoms with E-state index in [0.717, 1.165) is 89.9 Å². The highest BCUT2D eigenvalue weighted by atomic mass is 16.6. The Morgan fingerprint density at radius 3 is 1.27 bits per heavy atom. The molecule has 0 aliphatic carbocycles. The van der Waals surface area contributed by atoms with Gasteiger partial charge in [-0.3, -0.25) is 9.59 Å². The second-order valence-electron chi connectivity index (χ2n) is 18.4. The summed E-state index contributed by atoms with van der Waals surface area (Å²) in [6.07, 6.45) is 66.9. The standard InChI is InChI=1S/C59H97NO7/c1-6-8-10-12-14-16-18-20-22-24-26-28-30-32-34-36-38-40-42-44-46-48-50-58(62)67-55(53-65-52-51-56(59(63)64)60(3,4)5)54-66-57(61)49-47-45-43-41-39-37-35-33-31-29-27-25-23-21-19-17-15-13-11-9-7-2/h8,10,14-17,20-23,26-29,33,35,39,41,55-56H,6-7,9,11-13,18-19,24-25,30-32,34,36-38,40,42-54H2,1-5H3/b10-8+,16-14+,17-15+,22-20+,23-21+,28-26+,29-27+,35-33+,41-39+. The van der Waals surface area contributed by atoms with Crippen LogP contribution < -0.4 is 5.11 Å². The highest BCUT2D eigenvalue weighted by Crippen LogP contribution is 2.14. The molecule has 0 aliphatic heterocycles. The summed E-state index contributed by atoms with van der Waals surface area (Å²) in [4.78, 5) is 37.1. The van der Waals surface area contributed by atoms with Crippen molar-refractivity contribution in [3.05, 3.63) is 109 Å². The molecule has 8 heteroatoms. The minimum Gasteiger partial charge on any atom is -0.544 e. The van der Waals surface area contributed by atoms with Crippen LogP contribution >= 0.6 is 0 Å². The van der Waals surface area contributed by atoms with E-state index in [1.165, 1.54) is 64.2 Å². The van der Waals surface area contributed by atoms with E-state index in [1.807, 2.05) is 0 Å². The number of carbonyl (C=O) groups is 3. The Balaban J connectivity index is 4.35. The molecule has 0 bridgehead atoms. The third kappa shape index (κ3) is 46.9. The average Bonchev–Trinajstić information content (AvgIpc) is 3.29. The maximum absolute atomic E-state index is 12.8. The summed E-state index contributed by atoms with van der Waals surface area (Å²) >= 11 is 0. The zero-order valence-electron chi connectivity index (χ0n) is 43.3. The highest BCUT2D eigenvalue weighted by Gasteiger charge is 2.25. The number of carbonyl (C=O) groups excluding carboxylic acids is 3. The van der Waals surface area contributed by atoms with Gasteiger partial charge in [0.15, 0.2) is 6.10 Å². The Morgan fingerprint density at radius 2 is 0.836 bits per heavy atom. The molecule has 0 saturated carbocycles. The first-order valence-corrected chi connectivity index (χ1v) is 26.4. The van der Waals surface area contributed by atoms with Crippen LogP contribution in [0.1, 0.15) is 194 Å². The van der Waals surface area contributed by atoms with Crippen LogP contribution in [-0.2, 0) is 28.6 Å². The third-order valence-corrected chi connectivity index (χ3v) is 11.1. The van der Waals surface area contributed by atoms with E-state index in [-0.39, 0.29) is 49.1 Å². The number of allylic oxidation sites excluding steroid dienone is 18. The number of unbranched alkanes of at least 4 members (excludes halogenated alkanes) is 14. The number of carboxylic acids is 1. The van der Waals surface area contributed by atoms with E-state index in [1.54, 1.807) is 21.1 Å². The number of carboxylic acid groups (broad SMARTS) is 1. The Hall–Kier alpha value is -4.01. The summed E-state index contributed by atoms with van der Waals surface area (Å²) in [7, 11) is 5.39. The van der Waals surface area contributed by atoms with E-state index in [4.69, 9.17) is 14.2 Å². The molecule has 380 valence electrons. The van der Waals surface area contributed by atoms with Gasteiger partial charge in [-0.15, -0.1) is 0 Å². The van der Waals surface area contributed by atoms with Crippen molar-refractivity contribution in [2.75, 3.05) is 41.0 Å². The Morgan fingerprint density at radius 1 is 0.463 bits per heavy atom. The Labute approximate surface area is 410 Å². The molecule has 0 aromatic heterocycles. The fourth-order valence-corrected chi connectivity index (χ4v) is 7.08. The second kappa shape index (κ2) is 48.4. The fraction of sp³-hybridized carbons (Fsp3) is 0.644. The fourth-order valence-electron chi connectivity index (χ4n) is 7.08. The monoisotopic (exact) mass is 932 g/mol. The first-order valence-electron chi connectivity index (χ1n) is 26.4. The second-order valence-corrected chi connectivity index (χ2v) is 18.4. The van der Waals surface area contributed by atoms with Gasteiger partial charge in [-0.05, 0) is 103 Å². The van der Waals surface area contributed by atoms with Gasteiger partial charge in [0.05, 0.1) is 40.3 Å². The summed E-state index contributed by atoms with van der Waals surface area (Å²) in [6.45, 7) is 4.46. The van der Waals surface area contributed by atoms with Crippen molar-refractivity contribution in [3.8, 4) is 0 Å². The number of ether oxygens (including phenoxy) is 3. The lowest BCUT2D eigenvalue weighted by Gasteiger charge is -2.34. The number of nitrogens with zero attached hydrogens (tertiary/aromatic N) is 1. The molecule has 0 radical (unpaired) electrons. The van der Waals surface area contributed by atoms with Gasteiger partial charge in [0.1, 0.15) is 12.6 Å². The first kappa shape index (κ1) is 63.0. The number of esters is 2. The van der Waals surface area contributed by atoms with Gasteiger partial charge >= 0.3 is 11.9 Å². The third-order valence-electron chi connectivity index (χ3n) is 11.1. The van der Waals surface area contributed by atoms with Crippen LogP contribution in [0.4, 0.5) is 0 Å². The average molecular weight is 932 g/mol. The number of aliphatic carboxylic acids is 1. The van der Waals surface area contributed by atoms with Crippen LogP contribution in [0.3, 0.4) is 0 Å². The van der Waals surface area contributed by atoms with Crippen molar-refractivity contribution in [1.29, 1.82) is 0 Å². The lowest BCUT2D eigenvalue weighted by atomic mass is 10.1. The normalized spacial score (nSPS) is 13.7. The van der Waals surface area contributed by atoms with Gasteiger partial charge in [-0.1, -0.05) is 181 Å². The summed E-state index contributed by atoms with van der Waals surface area (Å²) in [5.41, 5.74) is 0. The number of likely N-dealkylation sites (N-methyl/N-ethyl adjacent to an activating group) is 1. The summed E-state index contributed by atoms with van der Waals surface area (Å²) in [5.74, 6) is -1.81. The van der Waals surface area contributed by atoms with E-state index in [0.29, 0.717) is 12.8 Å². The lowest BCUT2D eigenvalue weighted by Crippen LogP contribution is -2.55. The van der Waals surface area contributed by atoms with Crippen LogP contribution in [-0.4, -0.2) is 75.5 Å². The summed E-state index contributed by atoms with van der Waals surface area (Å²) < 4.78 is 17.2. The number of quaternary nitrogens is 1. The van der Waals surface area contributed by atoms with Crippen LogP contribution in [0, 0.1) is 0 Å². The molecule has 0 rings (SSSR count). The minimum absolute atomic E-state index is 0.0175. The molecule has 0 amide bonds. The molecule has 2 atom stereocenters. The Kier molecular flexibility index (Phi) is 45.5. The van der Waals surface area contributed by atoms with Crippen molar-refractivity contribution >= 4 is 17.9 Å². The molecule has 0 aliphatic rings. The van der Waals surface area contributed by atoms with Crippen molar-refractivity contribution in [1.82, 2.24) is 0 Å². The molecular weight excluding hydrogens is 835 g/mol. The molecule has 0 N–H and O–H groups in total. The molecule has 0 spiro atoms. The van der Waals surface area contributed by atoms with Gasteiger partial charge in [0.25, 0.3) is 0 Å². The zero-order valence-corrected chi connectivity index (χ0v) is 43.3. The van der Waals surface area contributed by atoms with Crippen LogP contribution in [0.5, 0.6) is 0 Å². The van der Waals surface area contributed by atoms with Crippen molar-refractivity contribution in [3.63, 3.8) is 0 Å². The van der Waals surface area contributed by atoms with Crippen LogP contribution in [0.15, 0.2) is 109 Å². The van der Waals surface area contributed by atoms with Gasteiger partial charge in [0.2, 0.25) is 0 Å². The summed E-state index contributed by atoms with van der Waals surface area (Å²) in [5, 5.41) is 11.7. The largest absolute Gasteiger partial charge is 0.544 e. The van der Waals surface area contributed by atoms with Gasteiger partial charge in [-0.25, -0.2) is 0 Å². The summed E-state index contributed by atoms with van der Waals surface area (Å²) in [6, 6.07) is -0.741. The molecule has 0 fully saturated rings. The van der Waals surface area contributed by atoms with E-state index < -0.39 is 18.1 Å². The molecule has 8 nitrogen and oxygen atoms in total. The van der Waals surface area contributed by atoms with Gasteiger partial charge < -0.3 is 28.6 Å². The molecule has 0 heterocycles. The predicted molar refractivity (Wildman–Crippen MR) is 281 cm³/mol. The quantitative estimate of drug-likeness (QED) is 0.0259. The molecule has 0 aromatic carbocycles. The predicted octanol–water partition coefficient (Wildman–Crippen LogP) is 14.3. The highest BCUT2D eigenvalue weighted by molar-refractivity contribution is 5.70. The first-order chi connectivity index (χ1) is 32.6. The zero-order chi connectivity index (χ0) is 49.2.